The zero-order valence-electron chi connectivity index (χ0n) is 16.2. The lowest BCUT2D eigenvalue weighted by atomic mass is 10.2. The second kappa shape index (κ2) is 8.97. The van der Waals surface area contributed by atoms with Crippen molar-refractivity contribution in [2.45, 2.75) is 13.0 Å². The number of anilines is 2. The Kier molecular flexibility index (Phi) is 6.19. The minimum absolute atomic E-state index is 0.227. The molecule has 0 unspecified atom stereocenters. The van der Waals surface area contributed by atoms with E-state index in [4.69, 9.17) is 14.2 Å². The molecule has 2 amide bonds. The largest absolute Gasteiger partial charge is 0.493 e. The average molecular weight is 394 g/mol. The number of methoxy groups -OCH3 is 1. The quantitative estimate of drug-likeness (QED) is 0.553. The van der Waals surface area contributed by atoms with Crippen LogP contribution >= 0.6 is 0 Å². The number of fused-ring (bicyclic) bond motifs is 1. The second-order valence-electron chi connectivity index (χ2n) is 6.29. The number of carbonyl (C=O) groups excluding carboxylic acids is 2. The minimum atomic E-state index is -0.545. The molecule has 0 radical (unpaired) electrons. The van der Waals surface area contributed by atoms with Crippen molar-refractivity contribution in [2.24, 2.45) is 0 Å². The van der Waals surface area contributed by atoms with Crippen LogP contribution in [0.15, 0.2) is 55.1 Å². The molecule has 0 saturated carbocycles. The Balaban J connectivity index is 1.66. The van der Waals surface area contributed by atoms with Gasteiger partial charge in [-0.15, -0.1) is 0 Å². The van der Waals surface area contributed by atoms with Crippen LogP contribution in [-0.2, 0) is 9.59 Å². The van der Waals surface area contributed by atoms with E-state index in [2.05, 4.69) is 17.2 Å². The summed E-state index contributed by atoms with van der Waals surface area (Å²) in [6, 6.07) is 10.4. The molecule has 1 heterocycles. The van der Waals surface area contributed by atoms with Crippen LogP contribution in [0.1, 0.15) is 12.5 Å². The van der Waals surface area contributed by atoms with Crippen molar-refractivity contribution in [3.63, 3.8) is 0 Å². The Morgan fingerprint density at radius 3 is 2.86 bits per heavy atom. The van der Waals surface area contributed by atoms with Gasteiger partial charge in [0.05, 0.1) is 12.8 Å². The molecule has 2 N–H and O–H groups in total. The second-order valence-corrected chi connectivity index (χ2v) is 6.29. The first kappa shape index (κ1) is 20.0. The van der Waals surface area contributed by atoms with Gasteiger partial charge in [0, 0.05) is 11.8 Å². The van der Waals surface area contributed by atoms with Crippen molar-refractivity contribution in [1.82, 2.24) is 0 Å². The zero-order chi connectivity index (χ0) is 20.8. The van der Waals surface area contributed by atoms with Crippen LogP contribution in [-0.4, -0.2) is 31.6 Å². The predicted octanol–water partition coefficient (Wildman–Crippen LogP) is 3.63. The number of ether oxygens (including phenoxy) is 3. The maximum Gasteiger partial charge on any atom is 0.265 e. The van der Waals surface area contributed by atoms with Crippen molar-refractivity contribution < 1.29 is 23.8 Å². The monoisotopic (exact) mass is 394 g/mol. The summed E-state index contributed by atoms with van der Waals surface area (Å²) < 4.78 is 16.3. The van der Waals surface area contributed by atoms with E-state index in [1.807, 2.05) is 6.07 Å². The molecule has 2 aromatic carbocycles. The summed E-state index contributed by atoms with van der Waals surface area (Å²) in [7, 11) is 1.55. The maximum absolute atomic E-state index is 12.2. The summed E-state index contributed by atoms with van der Waals surface area (Å²) in [6.07, 6.45) is 4.18. The van der Waals surface area contributed by atoms with E-state index >= 15 is 0 Å². The van der Waals surface area contributed by atoms with Gasteiger partial charge in [-0.25, -0.2) is 0 Å². The lowest BCUT2D eigenvalue weighted by Gasteiger charge is -2.23. The van der Waals surface area contributed by atoms with E-state index in [-0.39, 0.29) is 11.8 Å². The van der Waals surface area contributed by atoms with Gasteiger partial charge in [-0.05, 0) is 48.9 Å². The van der Waals surface area contributed by atoms with E-state index < -0.39 is 6.10 Å². The normalized spacial score (nSPS) is 15.1. The lowest BCUT2D eigenvalue weighted by Crippen LogP contribution is -2.34. The fourth-order valence-electron chi connectivity index (χ4n) is 2.70. The molecular weight excluding hydrogens is 372 g/mol. The molecule has 0 bridgehead atoms. The molecule has 3 rings (SSSR count). The van der Waals surface area contributed by atoms with E-state index in [0.29, 0.717) is 35.2 Å². The summed E-state index contributed by atoms with van der Waals surface area (Å²) in [5, 5.41) is 5.51. The standard InChI is InChI=1S/C22H22N2O5/c1-4-11-28-19-8-5-15(12-20(19)27-3)6-10-21(25)23-16-7-9-18-17(13-16)24-22(26)14(2)29-18/h4-10,12-14H,1,11H2,2-3H3,(H,23,25)(H,24,26)/b10-6+/t14-/m0/s1. The third-order valence-corrected chi connectivity index (χ3v) is 4.15. The maximum atomic E-state index is 12.2. The number of nitrogens with one attached hydrogen (secondary N) is 2. The molecule has 1 aliphatic rings. The topological polar surface area (TPSA) is 85.9 Å². The highest BCUT2D eigenvalue weighted by Gasteiger charge is 2.23. The van der Waals surface area contributed by atoms with Gasteiger partial charge < -0.3 is 24.8 Å². The number of hydrogen-bond donors (Lipinski definition) is 2. The minimum Gasteiger partial charge on any atom is -0.493 e. The molecule has 150 valence electrons. The molecular formula is C22H22N2O5. The van der Waals surface area contributed by atoms with E-state index in [1.165, 1.54) is 6.08 Å². The summed E-state index contributed by atoms with van der Waals surface area (Å²) in [5.74, 6) is 1.19. The van der Waals surface area contributed by atoms with E-state index in [1.54, 1.807) is 56.5 Å². The molecule has 7 nitrogen and oxygen atoms in total. The summed E-state index contributed by atoms with van der Waals surface area (Å²) in [4.78, 5) is 24.0. The fourth-order valence-corrected chi connectivity index (χ4v) is 2.70. The number of rotatable bonds is 7. The van der Waals surface area contributed by atoms with Crippen LogP contribution in [0, 0.1) is 0 Å². The molecule has 1 aliphatic heterocycles. The zero-order valence-corrected chi connectivity index (χ0v) is 16.2. The summed E-state index contributed by atoms with van der Waals surface area (Å²) in [5.41, 5.74) is 1.85. The lowest BCUT2D eigenvalue weighted by molar-refractivity contribution is -0.122. The van der Waals surface area contributed by atoms with Crippen molar-refractivity contribution in [3.8, 4) is 17.2 Å². The average Bonchev–Trinajstić information content (AvgIpc) is 2.72. The fraction of sp³-hybridized carbons (Fsp3) is 0.182. The number of amides is 2. The van der Waals surface area contributed by atoms with Gasteiger partial charge in [-0.2, -0.15) is 0 Å². The first-order valence-electron chi connectivity index (χ1n) is 9.02. The molecule has 0 saturated heterocycles. The van der Waals surface area contributed by atoms with Gasteiger partial charge in [0.15, 0.2) is 17.6 Å². The first-order valence-corrected chi connectivity index (χ1v) is 9.02. The highest BCUT2D eigenvalue weighted by molar-refractivity contribution is 6.03. The summed E-state index contributed by atoms with van der Waals surface area (Å²) in [6.45, 7) is 5.66. The van der Waals surface area contributed by atoms with Crippen LogP contribution in [0.5, 0.6) is 17.2 Å². The smallest absolute Gasteiger partial charge is 0.265 e. The molecule has 0 aromatic heterocycles. The molecule has 1 atom stereocenters. The van der Waals surface area contributed by atoms with Crippen molar-refractivity contribution in [1.29, 1.82) is 0 Å². The van der Waals surface area contributed by atoms with Crippen molar-refractivity contribution in [3.05, 3.63) is 60.7 Å². The van der Waals surface area contributed by atoms with Crippen molar-refractivity contribution in [2.75, 3.05) is 24.4 Å². The Morgan fingerprint density at radius 2 is 2.10 bits per heavy atom. The molecule has 0 aliphatic carbocycles. The third kappa shape index (κ3) is 4.95. The molecule has 0 spiro atoms. The molecule has 29 heavy (non-hydrogen) atoms. The van der Waals surface area contributed by atoms with Gasteiger partial charge in [0.2, 0.25) is 5.91 Å². The Bertz CT molecular complexity index is 968. The number of carbonyl (C=O) groups is 2. The third-order valence-electron chi connectivity index (χ3n) is 4.15. The Labute approximate surface area is 169 Å². The predicted molar refractivity (Wildman–Crippen MR) is 112 cm³/mol. The van der Waals surface area contributed by atoms with Crippen LogP contribution < -0.4 is 24.8 Å². The van der Waals surface area contributed by atoms with Crippen LogP contribution in [0.2, 0.25) is 0 Å². The van der Waals surface area contributed by atoms with Crippen LogP contribution in [0.3, 0.4) is 0 Å². The van der Waals surface area contributed by atoms with Gasteiger partial charge >= 0.3 is 0 Å². The van der Waals surface area contributed by atoms with Gasteiger partial charge in [0.25, 0.3) is 5.91 Å². The number of benzene rings is 2. The van der Waals surface area contributed by atoms with E-state index in [0.717, 1.165) is 5.56 Å². The van der Waals surface area contributed by atoms with Crippen molar-refractivity contribution >= 4 is 29.3 Å². The SMILES string of the molecule is C=CCOc1ccc(/C=C/C(=O)Nc2ccc3c(c2)NC(=O)[C@H](C)O3)cc1OC. The highest BCUT2D eigenvalue weighted by Crippen LogP contribution is 2.32. The highest BCUT2D eigenvalue weighted by atomic mass is 16.5. The number of hydrogen-bond acceptors (Lipinski definition) is 5. The van der Waals surface area contributed by atoms with Gasteiger partial charge in [0.1, 0.15) is 12.4 Å². The Hall–Kier alpha value is -3.74. The van der Waals surface area contributed by atoms with Crippen LogP contribution in [0.4, 0.5) is 11.4 Å². The van der Waals surface area contributed by atoms with Gasteiger partial charge in [-0.3, -0.25) is 9.59 Å². The van der Waals surface area contributed by atoms with Gasteiger partial charge in [-0.1, -0.05) is 18.7 Å². The van der Waals surface area contributed by atoms with E-state index in [9.17, 15) is 9.59 Å². The Morgan fingerprint density at radius 1 is 1.28 bits per heavy atom. The molecule has 2 aromatic rings. The summed E-state index contributed by atoms with van der Waals surface area (Å²) >= 11 is 0. The molecule has 7 heteroatoms. The first-order chi connectivity index (χ1) is 14.0. The molecule has 0 fully saturated rings. The van der Waals surface area contributed by atoms with Crippen LogP contribution in [0.25, 0.3) is 6.08 Å².